The molecule has 2 N–H and O–H groups in total. The third kappa shape index (κ3) is 3.12. The summed E-state index contributed by atoms with van der Waals surface area (Å²) >= 11 is 0. The van der Waals surface area contributed by atoms with Gasteiger partial charge in [-0.15, -0.1) is 0 Å². The quantitative estimate of drug-likeness (QED) is 0.625. The molecule has 0 fully saturated rings. The average Bonchev–Trinajstić information content (AvgIpc) is 2.09. The summed E-state index contributed by atoms with van der Waals surface area (Å²) in [4.78, 5) is 0. The van der Waals surface area contributed by atoms with Gasteiger partial charge in [0.1, 0.15) is 5.75 Å². The third-order valence-electron chi connectivity index (χ3n) is 1.16. The molecular formula is C7H10O3P+. The minimum absolute atomic E-state index is 0.104. The maximum absolute atomic E-state index is 8.95. The summed E-state index contributed by atoms with van der Waals surface area (Å²) < 4.78 is 8.17. The molecule has 0 amide bonds. The van der Waals surface area contributed by atoms with Gasteiger partial charge in [0.25, 0.3) is 0 Å². The molecule has 0 aliphatic rings. The molecule has 1 atom stereocenters. The van der Waals surface area contributed by atoms with E-state index >= 15 is 0 Å². The van der Waals surface area contributed by atoms with Gasteiger partial charge in [0, 0.05) is 5.56 Å². The van der Waals surface area contributed by atoms with Crippen LogP contribution in [0.1, 0.15) is 5.56 Å². The van der Waals surface area contributed by atoms with Crippen LogP contribution in [0.25, 0.3) is 0 Å². The number of aliphatic hydroxyl groups is 1. The molecule has 1 aromatic carbocycles. The number of hydrogen-bond acceptors (Lipinski definition) is 3. The van der Waals surface area contributed by atoms with Crippen molar-refractivity contribution >= 4 is 9.12 Å². The summed E-state index contributed by atoms with van der Waals surface area (Å²) in [6, 6.07) is 6.71. The summed E-state index contributed by atoms with van der Waals surface area (Å²) in [6.07, 6.45) is 0. The van der Waals surface area contributed by atoms with Gasteiger partial charge in [-0.2, -0.15) is 0 Å². The van der Waals surface area contributed by atoms with E-state index in [2.05, 4.69) is 0 Å². The van der Waals surface area contributed by atoms with Crippen LogP contribution in [-0.2, 0) is 11.2 Å². The van der Waals surface area contributed by atoms with E-state index in [1.165, 1.54) is 9.12 Å². The number of phenols is 1. The summed E-state index contributed by atoms with van der Waals surface area (Å²) in [7, 11) is 1.17. The first-order valence-corrected chi connectivity index (χ1v) is 3.43. The van der Waals surface area contributed by atoms with Crippen LogP contribution in [0.2, 0.25) is 0 Å². The first-order chi connectivity index (χ1) is 5.34. The van der Waals surface area contributed by atoms with Crippen molar-refractivity contribution in [3.63, 3.8) is 0 Å². The Balaban J connectivity index is 0.000000461. The topological polar surface area (TPSA) is 57.5 Å². The Hall–Kier alpha value is -0.920. The Kier molecular flexibility index (Phi) is 5.35. The van der Waals surface area contributed by atoms with Gasteiger partial charge >= 0.3 is 9.12 Å². The van der Waals surface area contributed by atoms with Crippen LogP contribution in [0.4, 0.5) is 0 Å². The van der Waals surface area contributed by atoms with E-state index in [-0.39, 0.29) is 12.4 Å². The summed E-state index contributed by atoms with van der Waals surface area (Å²) in [5.41, 5.74) is 0.567. The SMILES string of the molecule is O=[PH2+].OCc1ccccc1O. The van der Waals surface area contributed by atoms with Gasteiger partial charge in [0.05, 0.1) is 6.61 Å². The Labute approximate surface area is 66.9 Å². The minimum Gasteiger partial charge on any atom is -0.508 e. The molecule has 0 heterocycles. The van der Waals surface area contributed by atoms with E-state index in [4.69, 9.17) is 14.8 Å². The fourth-order valence-electron chi connectivity index (χ4n) is 0.645. The van der Waals surface area contributed by atoms with Gasteiger partial charge in [-0.25, -0.2) is 0 Å². The highest BCUT2D eigenvalue weighted by atomic mass is 31.0. The molecular weight excluding hydrogens is 163 g/mol. The van der Waals surface area contributed by atoms with E-state index < -0.39 is 0 Å². The zero-order chi connectivity index (χ0) is 8.69. The molecule has 0 bridgehead atoms. The number of hydrogen-bond donors (Lipinski definition) is 2. The molecule has 0 aliphatic carbocycles. The van der Waals surface area contributed by atoms with Crippen molar-refractivity contribution in [1.29, 1.82) is 0 Å². The molecule has 0 spiro atoms. The zero-order valence-electron chi connectivity index (χ0n) is 5.90. The Morgan fingerprint density at radius 2 is 1.82 bits per heavy atom. The molecule has 60 valence electrons. The second-order valence-electron chi connectivity index (χ2n) is 1.79. The first kappa shape index (κ1) is 10.1. The van der Waals surface area contributed by atoms with Crippen molar-refractivity contribution in [2.75, 3.05) is 0 Å². The monoisotopic (exact) mass is 173 g/mol. The molecule has 0 saturated heterocycles. The predicted octanol–water partition coefficient (Wildman–Crippen LogP) is 1.09. The lowest BCUT2D eigenvalue weighted by molar-refractivity contribution is 0.275. The molecule has 0 aromatic heterocycles. The van der Waals surface area contributed by atoms with Crippen molar-refractivity contribution in [3.8, 4) is 5.75 Å². The van der Waals surface area contributed by atoms with Gasteiger partial charge in [-0.1, -0.05) is 22.8 Å². The molecule has 1 rings (SSSR count). The second kappa shape index (κ2) is 5.83. The normalized spacial score (nSPS) is 8.09. The van der Waals surface area contributed by atoms with Crippen LogP contribution >= 0.6 is 9.12 Å². The Bertz CT molecular complexity index is 215. The third-order valence-corrected chi connectivity index (χ3v) is 1.16. The second-order valence-corrected chi connectivity index (χ2v) is 1.79. The number of para-hydroxylation sites is 1. The van der Waals surface area contributed by atoms with E-state index in [1.54, 1.807) is 24.3 Å². The van der Waals surface area contributed by atoms with Crippen LogP contribution in [0.5, 0.6) is 5.75 Å². The number of benzene rings is 1. The van der Waals surface area contributed by atoms with Crippen molar-refractivity contribution in [2.24, 2.45) is 0 Å². The van der Waals surface area contributed by atoms with Gasteiger partial charge in [0.2, 0.25) is 0 Å². The maximum atomic E-state index is 8.95. The smallest absolute Gasteiger partial charge is 0.310 e. The minimum atomic E-state index is -0.104. The molecule has 0 radical (unpaired) electrons. The van der Waals surface area contributed by atoms with Crippen molar-refractivity contribution in [1.82, 2.24) is 0 Å². The van der Waals surface area contributed by atoms with Gasteiger partial charge in [-0.3, -0.25) is 0 Å². The maximum Gasteiger partial charge on any atom is 0.310 e. The highest BCUT2D eigenvalue weighted by molar-refractivity contribution is 7.00. The van der Waals surface area contributed by atoms with E-state index in [9.17, 15) is 0 Å². The van der Waals surface area contributed by atoms with E-state index in [1.807, 2.05) is 0 Å². The van der Waals surface area contributed by atoms with Gasteiger partial charge < -0.3 is 10.2 Å². The van der Waals surface area contributed by atoms with Crippen molar-refractivity contribution in [2.45, 2.75) is 6.61 Å². The molecule has 0 saturated carbocycles. The summed E-state index contributed by atoms with van der Waals surface area (Å²) in [5, 5.41) is 17.5. The van der Waals surface area contributed by atoms with Crippen LogP contribution in [0.15, 0.2) is 24.3 Å². The largest absolute Gasteiger partial charge is 0.508 e. The van der Waals surface area contributed by atoms with Crippen LogP contribution in [0, 0.1) is 0 Å². The number of rotatable bonds is 1. The lowest BCUT2D eigenvalue weighted by Crippen LogP contribution is -1.80. The number of aromatic hydroxyl groups is 1. The fraction of sp³-hybridized carbons (Fsp3) is 0.143. The van der Waals surface area contributed by atoms with Crippen LogP contribution < -0.4 is 0 Å². The molecule has 1 aromatic rings. The first-order valence-electron chi connectivity index (χ1n) is 2.96. The summed E-state index contributed by atoms with van der Waals surface area (Å²) in [5.74, 6) is 0.153. The van der Waals surface area contributed by atoms with Crippen LogP contribution in [0.3, 0.4) is 0 Å². The summed E-state index contributed by atoms with van der Waals surface area (Å²) in [6.45, 7) is -0.104. The predicted molar refractivity (Wildman–Crippen MR) is 44.4 cm³/mol. The fourth-order valence-corrected chi connectivity index (χ4v) is 0.645. The van der Waals surface area contributed by atoms with E-state index in [0.29, 0.717) is 5.56 Å². The Morgan fingerprint density at radius 1 is 1.27 bits per heavy atom. The van der Waals surface area contributed by atoms with Crippen molar-refractivity contribution in [3.05, 3.63) is 29.8 Å². The number of aliphatic hydroxyl groups excluding tert-OH is 1. The van der Waals surface area contributed by atoms with E-state index in [0.717, 1.165) is 0 Å². The molecule has 3 nitrogen and oxygen atoms in total. The molecule has 11 heavy (non-hydrogen) atoms. The van der Waals surface area contributed by atoms with Crippen LogP contribution in [-0.4, -0.2) is 10.2 Å². The molecule has 1 unspecified atom stereocenters. The molecule has 4 heteroatoms. The van der Waals surface area contributed by atoms with Gasteiger partial charge in [-0.05, 0) is 6.07 Å². The van der Waals surface area contributed by atoms with Crippen molar-refractivity contribution < 1.29 is 14.8 Å². The highest BCUT2D eigenvalue weighted by Crippen LogP contribution is 2.14. The lowest BCUT2D eigenvalue weighted by Gasteiger charge is -1.96. The Morgan fingerprint density at radius 3 is 2.18 bits per heavy atom. The van der Waals surface area contributed by atoms with Gasteiger partial charge in [0.15, 0.2) is 0 Å². The lowest BCUT2D eigenvalue weighted by atomic mass is 10.2. The zero-order valence-corrected chi connectivity index (χ0v) is 7.05. The molecule has 0 aliphatic heterocycles. The standard InChI is InChI=1S/C7H8O2.H2OP/c8-5-6-3-1-2-4-7(6)9;1-2/h1-4,8-9H,5H2;2H2/q;+1. The highest BCUT2D eigenvalue weighted by Gasteiger charge is 1.93. The average molecular weight is 173 g/mol.